The van der Waals surface area contributed by atoms with Crippen LogP contribution in [0.2, 0.25) is 0 Å². The van der Waals surface area contributed by atoms with Crippen molar-refractivity contribution in [3.8, 4) is 11.1 Å². The number of hydrogen-bond acceptors (Lipinski definition) is 9. The van der Waals surface area contributed by atoms with Gasteiger partial charge in [0.1, 0.15) is 5.67 Å². The molecule has 16 heteroatoms. The van der Waals surface area contributed by atoms with Crippen molar-refractivity contribution in [2.24, 2.45) is 7.05 Å². The van der Waals surface area contributed by atoms with E-state index in [2.05, 4.69) is 29.8 Å². The number of hydrogen-bond donors (Lipinski definition) is 1. The van der Waals surface area contributed by atoms with E-state index in [1.54, 1.807) is 43.2 Å². The summed E-state index contributed by atoms with van der Waals surface area (Å²) in [6.07, 6.45) is 5.19. The number of carboxylic acids is 1. The van der Waals surface area contributed by atoms with Crippen LogP contribution >= 0.6 is 0 Å². The summed E-state index contributed by atoms with van der Waals surface area (Å²) in [7, 11) is 1.77. The number of anilines is 3. The Hall–Kier alpha value is -4.99. The third kappa shape index (κ3) is 6.91. The van der Waals surface area contributed by atoms with Gasteiger partial charge in [0.25, 0.3) is 6.43 Å². The normalized spacial score (nSPS) is 19.3. The van der Waals surface area contributed by atoms with E-state index in [9.17, 15) is 18.4 Å². The Kier molecular flexibility index (Phi) is 9.56. The number of piperidine rings is 2. The van der Waals surface area contributed by atoms with Crippen molar-refractivity contribution in [3.05, 3.63) is 64.7 Å². The number of carboxylic acid groups (broad SMARTS) is 1. The first kappa shape index (κ1) is 36.0. The fourth-order valence-electron chi connectivity index (χ4n) is 8.70. The first-order chi connectivity index (χ1) is 26.0. The van der Waals surface area contributed by atoms with Crippen LogP contribution in [0.4, 0.5) is 30.5 Å². The lowest BCUT2D eigenvalue weighted by atomic mass is 9.91. The monoisotopic (exact) mass is 746 g/mol. The Morgan fingerprint density at radius 3 is 2.44 bits per heavy atom. The van der Waals surface area contributed by atoms with Crippen molar-refractivity contribution in [2.75, 3.05) is 55.6 Å². The van der Waals surface area contributed by atoms with Gasteiger partial charge in [-0.25, -0.2) is 18.0 Å². The van der Waals surface area contributed by atoms with Gasteiger partial charge in [-0.1, -0.05) is 0 Å². The number of fused-ring (bicyclic) bond motifs is 2. The molecule has 0 aliphatic carbocycles. The summed E-state index contributed by atoms with van der Waals surface area (Å²) in [5, 5.41) is 26.4. The van der Waals surface area contributed by atoms with Gasteiger partial charge in [0.05, 0.1) is 18.8 Å². The quantitative estimate of drug-likeness (QED) is 0.252. The van der Waals surface area contributed by atoms with Crippen molar-refractivity contribution in [1.82, 2.24) is 39.6 Å². The molecule has 13 nitrogen and oxygen atoms in total. The molecule has 4 aliphatic heterocycles. The topological polar surface area (TPSA) is 129 Å². The molecule has 54 heavy (non-hydrogen) atoms. The van der Waals surface area contributed by atoms with Crippen LogP contribution in [0.3, 0.4) is 0 Å². The molecule has 4 aliphatic rings. The smallest absolute Gasteiger partial charge is 0.356 e. The number of benzene rings is 1. The van der Waals surface area contributed by atoms with Gasteiger partial charge in [-0.3, -0.25) is 14.2 Å². The third-order valence-electron chi connectivity index (χ3n) is 11.6. The Morgan fingerprint density at radius 2 is 1.80 bits per heavy atom. The van der Waals surface area contributed by atoms with Crippen LogP contribution in [-0.2, 0) is 31.2 Å². The average molecular weight is 747 g/mol. The molecule has 0 spiro atoms. The number of carbonyl (C=O) groups excluding carboxylic acids is 1. The van der Waals surface area contributed by atoms with Gasteiger partial charge in [-0.05, 0) is 61.1 Å². The number of aromatic nitrogens is 6. The number of rotatable bonds is 8. The molecule has 1 amide bonds. The molecule has 0 atom stereocenters. The van der Waals surface area contributed by atoms with Gasteiger partial charge in [0, 0.05) is 113 Å². The molecule has 0 bridgehead atoms. The molecule has 0 unspecified atom stereocenters. The zero-order valence-corrected chi connectivity index (χ0v) is 30.6. The van der Waals surface area contributed by atoms with E-state index in [0.29, 0.717) is 88.6 Å². The average Bonchev–Trinajstić information content (AvgIpc) is 3.78. The van der Waals surface area contributed by atoms with E-state index in [4.69, 9.17) is 10.2 Å². The molecule has 0 saturated carbocycles. The van der Waals surface area contributed by atoms with E-state index < -0.39 is 18.1 Å². The van der Waals surface area contributed by atoms with Crippen LogP contribution in [0, 0.1) is 0 Å². The number of aromatic carboxylic acids is 1. The summed E-state index contributed by atoms with van der Waals surface area (Å²) in [4.78, 5) is 31.8. The molecule has 1 N–H and O–H groups in total. The molecule has 3 aromatic heterocycles. The van der Waals surface area contributed by atoms with Crippen LogP contribution in [0.1, 0.15) is 84.4 Å². The first-order valence-electron chi connectivity index (χ1n) is 18.8. The van der Waals surface area contributed by atoms with E-state index in [0.717, 1.165) is 54.0 Å². The minimum absolute atomic E-state index is 0.0113. The van der Waals surface area contributed by atoms with Crippen LogP contribution in [0.5, 0.6) is 0 Å². The molecule has 4 aromatic rings. The zero-order chi connectivity index (χ0) is 37.7. The van der Waals surface area contributed by atoms with Gasteiger partial charge in [0.2, 0.25) is 5.91 Å². The number of aryl methyl sites for hydroxylation is 2. The molecule has 7 heterocycles. The largest absolute Gasteiger partial charge is 0.476 e. The molecule has 2 saturated heterocycles. The molecule has 2 fully saturated rings. The highest BCUT2D eigenvalue weighted by Crippen LogP contribution is 2.44. The highest BCUT2D eigenvalue weighted by Gasteiger charge is 2.39. The number of amides is 1. The van der Waals surface area contributed by atoms with E-state index in [1.807, 2.05) is 15.9 Å². The van der Waals surface area contributed by atoms with Crippen molar-refractivity contribution in [2.45, 2.75) is 76.6 Å². The summed E-state index contributed by atoms with van der Waals surface area (Å²) in [6, 6.07) is 6.63. The summed E-state index contributed by atoms with van der Waals surface area (Å²) in [5.74, 6) is 0.128. The molecule has 0 radical (unpaired) electrons. The highest BCUT2D eigenvalue weighted by atomic mass is 19.3. The van der Waals surface area contributed by atoms with Crippen LogP contribution in [0.25, 0.3) is 11.1 Å². The molecule has 286 valence electrons. The number of halogens is 3. The first-order valence-corrected chi connectivity index (χ1v) is 18.8. The lowest BCUT2D eigenvalue weighted by molar-refractivity contribution is -0.129. The highest BCUT2D eigenvalue weighted by molar-refractivity contribution is 5.85. The van der Waals surface area contributed by atoms with Gasteiger partial charge >= 0.3 is 5.97 Å². The van der Waals surface area contributed by atoms with E-state index in [1.165, 1.54) is 6.07 Å². The fraction of sp³-hybridized carbons (Fsp3) is 0.526. The number of alkyl halides is 3. The second-order valence-electron chi connectivity index (χ2n) is 15.1. The van der Waals surface area contributed by atoms with Gasteiger partial charge < -0.3 is 24.7 Å². The maximum absolute atomic E-state index is 16.2. The third-order valence-corrected chi connectivity index (χ3v) is 11.6. The molecule has 8 rings (SSSR count). The zero-order valence-electron chi connectivity index (χ0n) is 30.6. The fourth-order valence-corrected chi connectivity index (χ4v) is 8.70. The SMILES string of the molecule is CC(=O)N1CCc2c(c(N3CCCc4cc(-c5cnn(C)c5)c(C(F)F)cc43)nn2C2CCN(CC3(F)CCN(c4ccc(C(=O)O)nn4)CC3)CC2)C1. The second-order valence-corrected chi connectivity index (χ2v) is 15.1. The summed E-state index contributed by atoms with van der Waals surface area (Å²) in [6.45, 7) is 5.91. The minimum atomic E-state index is -2.68. The predicted molar refractivity (Wildman–Crippen MR) is 195 cm³/mol. The van der Waals surface area contributed by atoms with Crippen molar-refractivity contribution in [3.63, 3.8) is 0 Å². The van der Waals surface area contributed by atoms with Gasteiger partial charge in [0.15, 0.2) is 17.3 Å². The maximum Gasteiger partial charge on any atom is 0.356 e. The Morgan fingerprint density at radius 1 is 1.02 bits per heavy atom. The molecular weight excluding hydrogens is 701 g/mol. The number of nitrogens with zero attached hydrogens (tertiary/aromatic N) is 10. The van der Waals surface area contributed by atoms with Crippen molar-refractivity contribution < 1.29 is 27.9 Å². The molecular formula is C38H45F3N10O3. The van der Waals surface area contributed by atoms with E-state index >= 15 is 4.39 Å². The van der Waals surface area contributed by atoms with Gasteiger partial charge in [-0.15, -0.1) is 10.2 Å². The maximum atomic E-state index is 16.2. The minimum Gasteiger partial charge on any atom is -0.476 e. The van der Waals surface area contributed by atoms with Gasteiger partial charge in [-0.2, -0.15) is 10.2 Å². The Labute approximate surface area is 311 Å². The summed E-state index contributed by atoms with van der Waals surface area (Å²) >= 11 is 0. The Bertz CT molecular complexity index is 2030. The van der Waals surface area contributed by atoms with Crippen LogP contribution < -0.4 is 9.80 Å². The number of carbonyl (C=O) groups is 2. The lowest BCUT2D eigenvalue weighted by Crippen LogP contribution is -2.50. The Balaban J connectivity index is 1.00. The van der Waals surface area contributed by atoms with Crippen molar-refractivity contribution >= 4 is 29.2 Å². The molecule has 1 aromatic carbocycles. The lowest BCUT2D eigenvalue weighted by Gasteiger charge is -2.41. The van der Waals surface area contributed by atoms with Crippen LogP contribution in [0.15, 0.2) is 36.7 Å². The summed E-state index contributed by atoms with van der Waals surface area (Å²) in [5.41, 5.74) is 3.40. The summed E-state index contributed by atoms with van der Waals surface area (Å²) < 4.78 is 49.2. The van der Waals surface area contributed by atoms with Crippen molar-refractivity contribution in [1.29, 1.82) is 0 Å². The standard InChI is InChI=1S/C38H45F3N10O3/c1-24(52)49-15-9-32-30(22-49)36(50-12-3-4-25-18-28(26-20-42-46(2)21-26)29(35(39)40)19-33(25)50)45-51(32)27-7-13-47(14-8-27)23-38(41)10-16-48(17-11-38)34-6-5-31(37(53)54)43-44-34/h5-6,18-21,27,35H,3-4,7-17,22-23H2,1-2H3,(H,53,54). The second kappa shape index (κ2) is 14.3. The van der Waals surface area contributed by atoms with E-state index in [-0.39, 0.29) is 23.2 Å². The predicted octanol–water partition coefficient (Wildman–Crippen LogP) is 5.34. The van der Waals surface area contributed by atoms with Crippen LogP contribution in [-0.4, -0.2) is 108 Å². The number of likely N-dealkylation sites (tertiary alicyclic amines) is 1.